The molecule has 0 bridgehead atoms. The van der Waals surface area contributed by atoms with Crippen LogP contribution in [0.15, 0.2) is 191 Å². The highest BCUT2D eigenvalue weighted by molar-refractivity contribution is 6.11. The fourth-order valence-electron chi connectivity index (χ4n) is 8.39. The zero-order valence-corrected chi connectivity index (χ0v) is 30.4. The first-order chi connectivity index (χ1) is 28.2. The minimum absolute atomic E-state index is 0.560. The molecule has 8 aromatic carbocycles. The normalized spacial score (nSPS) is 11.9. The predicted octanol–water partition coefficient (Wildman–Crippen LogP) is 13.4. The zero-order chi connectivity index (χ0) is 37.5. The van der Waals surface area contributed by atoms with Crippen LogP contribution in [0.25, 0.3) is 117 Å². The van der Waals surface area contributed by atoms with Crippen molar-refractivity contribution in [2.45, 2.75) is 0 Å². The Morgan fingerprint density at radius 3 is 1.60 bits per heavy atom. The van der Waals surface area contributed by atoms with Crippen LogP contribution in [0.2, 0.25) is 0 Å². The largest absolute Gasteiger partial charge is 0.456 e. The van der Waals surface area contributed by atoms with E-state index in [1.807, 2.05) is 54.6 Å². The Morgan fingerprint density at radius 1 is 0.316 bits per heavy atom. The Hall–Kier alpha value is -7.83. The number of benzene rings is 8. The van der Waals surface area contributed by atoms with E-state index in [9.17, 15) is 0 Å². The Morgan fingerprint density at radius 2 is 0.825 bits per heavy atom. The Labute approximate surface area is 325 Å². The van der Waals surface area contributed by atoms with Gasteiger partial charge in [0.1, 0.15) is 22.3 Å². The number of furan rings is 2. The molecule has 0 atom stereocenters. The lowest BCUT2D eigenvalue weighted by molar-refractivity contribution is 0.668. The van der Waals surface area contributed by atoms with Gasteiger partial charge in [0, 0.05) is 54.6 Å². The first-order valence-electron chi connectivity index (χ1n) is 19.0. The van der Waals surface area contributed by atoms with Gasteiger partial charge in [0.15, 0.2) is 17.5 Å². The van der Waals surface area contributed by atoms with Gasteiger partial charge >= 0.3 is 0 Å². The van der Waals surface area contributed by atoms with Gasteiger partial charge in [-0.2, -0.15) is 0 Å². The Bertz CT molecular complexity index is 3540. The van der Waals surface area contributed by atoms with Gasteiger partial charge in [-0.15, -0.1) is 0 Å². The van der Waals surface area contributed by atoms with Crippen LogP contribution in [0.3, 0.4) is 0 Å². The third-order valence-corrected chi connectivity index (χ3v) is 11.1. The predicted molar refractivity (Wildman–Crippen MR) is 230 cm³/mol. The third-order valence-electron chi connectivity index (χ3n) is 11.1. The van der Waals surface area contributed by atoms with Crippen LogP contribution < -0.4 is 0 Å². The van der Waals surface area contributed by atoms with Crippen molar-refractivity contribution in [3.05, 3.63) is 182 Å². The first kappa shape index (κ1) is 31.5. The molecule has 57 heavy (non-hydrogen) atoms. The summed E-state index contributed by atoms with van der Waals surface area (Å²) in [5, 5.41) is 6.52. The number of hydrogen-bond acceptors (Lipinski definition) is 5. The Kier molecular flexibility index (Phi) is 6.83. The van der Waals surface area contributed by atoms with Gasteiger partial charge in [-0.1, -0.05) is 121 Å². The molecule has 266 valence electrons. The van der Waals surface area contributed by atoms with Crippen molar-refractivity contribution < 1.29 is 8.83 Å². The maximum Gasteiger partial charge on any atom is 0.164 e. The van der Waals surface area contributed by atoms with E-state index < -0.39 is 0 Å². The van der Waals surface area contributed by atoms with Crippen molar-refractivity contribution in [3.8, 4) is 51.0 Å². The molecule has 0 radical (unpaired) electrons. The highest BCUT2D eigenvalue weighted by Gasteiger charge is 2.20. The summed E-state index contributed by atoms with van der Waals surface area (Å²) in [4.78, 5) is 15.5. The van der Waals surface area contributed by atoms with Crippen LogP contribution in [0.1, 0.15) is 0 Å². The van der Waals surface area contributed by atoms with Crippen LogP contribution in [0.5, 0.6) is 0 Å². The van der Waals surface area contributed by atoms with Gasteiger partial charge in [-0.25, -0.2) is 15.0 Å². The van der Waals surface area contributed by atoms with Crippen molar-refractivity contribution >= 4 is 65.7 Å². The van der Waals surface area contributed by atoms with Crippen LogP contribution in [-0.2, 0) is 0 Å². The fourth-order valence-corrected chi connectivity index (χ4v) is 8.39. The van der Waals surface area contributed by atoms with E-state index in [1.54, 1.807) is 0 Å². The molecule has 6 heteroatoms. The molecule has 6 nitrogen and oxygen atoms in total. The summed E-state index contributed by atoms with van der Waals surface area (Å²) < 4.78 is 14.9. The van der Waals surface area contributed by atoms with E-state index in [1.165, 1.54) is 5.39 Å². The highest BCUT2D eigenvalue weighted by atomic mass is 16.3. The SMILES string of the molecule is c1ccc(-c2ccccc2-n2c3ccccc3c3ccc(-c4nc(-c5ccc6c(c5)oc5ccccc56)nc(-c5ccc6oc7ccccc7c6c5)n4)cc32)cc1. The fraction of sp³-hybridized carbons (Fsp3) is 0. The van der Waals surface area contributed by atoms with Gasteiger partial charge in [0.25, 0.3) is 0 Å². The number of hydrogen-bond donors (Lipinski definition) is 0. The molecule has 0 aliphatic rings. The lowest BCUT2D eigenvalue weighted by Gasteiger charge is -2.14. The average Bonchev–Trinajstić information content (AvgIpc) is 3.95. The van der Waals surface area contributed by atoms with Gasteiger partial charge in [-0.05, 0) is 66.2 Å². The zero-order valence-electron chi connectivity index (χ0n) is 30.4. The maximum absolute atomic E-state index is 6.31. The Balaban J connectivity index is 1.09. The summed E-state index contributed by atoms with van der Waals surface area (Å²) in [6, 6.07) is 62.9. The van der Waals surface area contributed by atoms with E-state index in [0.29, 0.717) is 17.5 Å². The minimum atomic E-state index is 0.560. The second-order valence-corrected chi connectivity index (χ2v) is 14.4. The summed E-state index contributed by atoms with van der Waals surface area (Å²) in [5.41, 5.74) is 11.5. The second-order valence-electron chi connectivity index (χ2n) is 14.4. The van der Waals surface area contributed by atoms with Crippen LogP contribution in [0, 0.1) is 0 Å². The number of fused-ring (bicyclic) bond motifs is 9. The molecule has 4 heterocycles. The molecule has 0 aliphatic heterocycles. The standard InChI is InChI=1S/C51H30N4O2/c1-2-12-31(13-3-1)35-14-4-8-18-42(35)55-43-19-9-5-15-36(43)37-25-22-33(29-44(37)55)50-52-49(32-24-27-47-41(28-32)39-17-7-11-21-46(39)56-47)53-51(54-50)34-23-26-40-38-16-6-10-20-45(38)57-48(40)30-34/h1-30H. The minimum Gasteiger partial charge on any atom is -0.456 e. The lowest BCUT2D eigenvalue weighted by atomic mass is 10.0. The van der Waals surface area contributed by atoms with Gasteiger partial charge < -0.3 is 13.4 Å². The van der Waals surface area contributed by atoms with Crippen LogP contribution >= 0.6 is 0 Å². The topological polar surface area (TPSA) is 69.9 Å². The van der Waals surface area contributed by atoms with Crippen LogP contribution in [0.4, 0.5) is 0 Å². The number of para-hydroxylation sites is 4. The van der Waals surface area contributed by atoms with E-state index in [0.717, 1.165) is 93.8 Å². The summed E-state index contributed by atoms with van der Waals surface area (Å²) in [6.45, 7) is 0. The molecular weight excluding hydrogens is 701 g/mol. The summed E-state index contributed by atoms with van der Waals surface area (Å²) >= 11 is 0. The van der Waals surface area contributed by atoms with Crippen molar-refractivity contribution in [3.63, 3.8) is 0 Å². The van der Waals surface area contributed by atoms with Crippen molar-refractivity contribution in [2.24, 2.45) is 0 Å². The second kappa shape index (κ2) is 12.3. The van der Waals surface area contributed by atoms with Gasteiger partial charge in [0.2, 0.25) is 0 Å². The van der Waals surface area contributed by atoms with Crippen molar-refractivity contribution in [1.29, 1.82) is 0 Å². The van der Waals surface area contributed by atoms with E-state index in [4.69, 9.17) is 23.8 Å². The van der Waals surface area contributed by atoms with E-state index in [2.05, 4.69) is 132 Å². The molecule has 4 aromatic heterocycles. The van der Waals surface area contributed by atoms with Gasteiger partial charge in [-0.3, -0.25) is 0 Å². The average molecular weight is 731 g/mol. The molecule has 0 spiro atoms. The smallest absolute Gasteiger partial charge is 0.164 e. The van der Waals surface area contributed by atoms with E-state index >= 15 is 0 Å². The summed E-state index contributed by atoms with van der Waals surface area (Å²) in [5.74, 6) is 1.71. The molecule has 12 rings (SSSR count). The quantitative estimate of drug-likeness (QED) is 0.176. The molecule has 12 aromatic rings. The molecular formula is C51H30N4O2. The van der Waals surface area contributed by atoms with Crippen LogP contribution in [-0.4, -0.2) is 19.5 Å². The maximum atomic E-state index is 6.31. The van der Waals surface area contributed by atoms with Crippen molar-refractivity contribution in [1.82, 2.24) is 19.5 Å². The molecule has 0 fully saturated rings. The van der Waals surface area contributed by atoms with Gasteiger partial charge in [0.05, 0.1) is 16.7 Å². The van der Waals surface area contributed by atoms with E-state index in [-0.39, 0.29) is 0 Å². The molecule has 0 aliphatic carbocycles. The first-order valence-corrected chi connectivity index (χ1v) is 19.0. The molecule has 0 amide bonds. The molecule has 0 unspecified atom stereocenters. The third kappa shape index (κ3) is 5.01. The molecule has 0 saturated heterocycles. The molecule has 0 saturated carbocycles. The molecule has 0 N–H and O–H groups in total. The number of aromatic nitrogens is 4. The summed E-state index contributed by atoms with van der Waals surface area (Å²) in [7, 11) is 0. The monoisotopic (exact) mass is 730 g/mol. The number of rotatable bonds is 5. The number of nitrogens with zero attached hydrogens (tertiary/aromatic N) is 4. The van der Waals surface area contributed by atoms with Crippen molar-refractivity contribution in [2.75, 3.05) is 0 Å². The lowest BCUT2D eigenvalue weighted by Crippen LogP contribution is -2.01. The summed E-state index contributed by atoms with van der Waals surface area (Å²) in [6.07, 6.45) is 0. The highest BCUT2D eigenvalue weighted by Crippen LogP contribution is 2.39.